The molecule has 0 spiro atoms. The number of hydrogen-bond donors (Lipinski definition) is 2. The summed E-state index contributed by atoms with van der Waals surface area (Å²) in [5, 5.41) is 13.3. The Labute approximate surface area is 88.1 Å². The third kappa shape index (κ3) is 1.61. The summed E-state index contributed by atoms with van der Waals surface area (Å²) in [6.45, 7) is 0. The van der Waals surface area contributed by atoms with Crippen molar-refractivity contribution in [1.82, 2.24) is 0 Å². The second-order valence-corrected chi connectivity index (χ2v) is 4.57. The summed E-state index contributed by atoms with van der Waals surface area (Å²) in [6, 6.07) is 4.96. The average molecular weight is 207 g/mol. The first-order chi connectivity index (χ1) is 7.24. The highest BCUT2D eigenvalue weighted by Gasteiger charge is 2.36. The number of aliphatic hydroxyl groups excluding tert-OH is 1. The summed E-state index contributed by atoms with van der Waals surface area (Å²) in [5.74, 6) is 0.428. The molecule has 80 valence electrons. The van der Waals surface area contributed by atoms with Crippen LogP contribution in [0.1, 0.15) is 30.9 Å². The zero-order valence-electron chi connectivity index (χ0n) is 8.41. The highest BCUT2D eigenvalue weighted by Crippen LogP contribution is 2.42. The molecule has 2 atom stereocenters. The van der Waals surface area contributed by atoms with E-state index in [1.165, 1.54) is 25.0 Å². The van der Waals surface area contributed by atoms with Crippen LogP contribution >= 0.6 is 0 Å². The summed E-state index contributed by atoms with van der Waals surface area (Å²) in [4.78, 5) is 0. The van der Waals surface area contributed by atoms with Gasteiger partial charge in [-0.05, 0) is 43.4 Å². The van der Waals surface area contributed by atoms with Crippen molar-refractivity contribution in [2.45, 2.75) is 31.4 Å². The van der Waals surface area contributed by atoms with Crippen LogP contribution in [-0.2, 0) is 0 Å². The fourth-order valence-electron chi connectivity index (χ4n) is 2.38. The average Bonchev–Trinajstić information content (AvgIpc) is 3.02. The maximum Gasteiger partial charge on any atom is 0.123 e. The van der Waals surface area contributed by atoms with E-state index in [9.17, 15) is 9.50 Å². The van der Waals surface area contributed by atoms with Crippen LogP contribution in [0.4, 0.5) is 10.1 Å². The first-order valence-corrected chi connectivity index (χ1v) is 5.48. The van der Waals surface area contributed by atoms with Crippen molar-refractivity contribution in [3.8, 4) is 0 Å². The number of benzene rings is 1. The van der Waals surface area contributed by atoms with Crippen LogP contribution in [0.2, 0.25) is 0 Å². The molecule has 0 saturated heterocycles. The van der Waals surface area contributed by atoms with Crippen molar-refractivity contribution in [1.29, 1.82) is 0 Å². The normalized spacial score (nSPS) is 29.5. The zero-order chi connectivity index (χ0) is 10.4. The summed E-state index contributed by atoms with van der Waals surface area (Å²) < 4.78 is 13.0. The Morgan fingerprint density at radius 3 is 2.87 bits per heavy atom. The molecule has 0 amide bonds. The number of hydrogen-bond acceptors (Lipinski definition) is 2. The fraction of sp³-hybridized carbons (Fsp3) is 0.500. The number of aliphatic hydroxyl groups is 1. The Balaban J connectivity index is 1.93. The van der Waals surface area contributed by atoms with Crippen molar-refractivity contribution in [2.75, 3.05) is 5.32 Å². The Bertz CT molecular complexity index is 389. The van der Waals surface area contributed by atoms with E-state index in [0.717, 1.165) is 5.69 Å². The van der Waals surface area contributed by atoms with E-state index < -0.39 is 6.10 Å². The molecule has 1 aromatic rings. The van der Waals surface area contributed by atoms with Gasteiger partial charge in [-0.1, -0.05) is 0 Å². The molecular weight excluding hydrogens is 193 g/mol. The number of halogens is 1. The molecule has 0 aromatic heterocycles. The van der Waals surface area contributed by atoms with E-state index >= 15 is 0 Å². The van der Waals surface area contributed by atoms with Gasteiger partial charge in [0.05, 0.1) is 6.10 Å². The molecule has 2 unspecified atom stereocenters. The quantitative estimate of drug-likeness (QED) is 0.741. The molecule has 1 aliphatic heterocycles. The molecule has 1 heterocycles. The molecule has 1 fully saturated rings. The van der Waals surface area contributed by atoms with Crippen molar-refractivity contribution in [3.63, 3.8) is 0 Å². The highest BCUT2D eigenvalue weighted by atomic mass is 19.1. The van der Waals surface area contributed by atoms with Crippen LogP contribution in [-0.4, -0.2) is 11.1 Å². The molecule has 1 aliphatic carbocycles. The van der Waals surface area contributed by atoms with E-state index in [4.69, 9.17) is 0 Å². The van der Waals surface area contributed by atoms with Crippen molar-refractivity contribution in [2.24, 2.45) is 5.92 Å². The first-order valence-electron chi connectivity index (χ1n) is 5.48. The lowest BCUT2D eigenvalue weighted by atomic mass is 9.93. The number of anilines is 1. The monoisotopic (exact) mass is 207 g/mol. The molecule has 3 heteroatoms. The van der Waals surface area contributed by atoms with Gasteiger partial charge in [-0.3, -0.25) is 0 Å². The number of fused-ring (bicyclic) bond motifs is 1. The SMILES string of the molecule is OC1CC(C2CC2)Nc2ccc(F)cc21. The number of nitrogens with one attached hydrogen (secondary N) is 1. The van der Waals surface area contributed by atoms with Gasteiger partial charge in [-0.25, -0.2) is 4.39 Å². The zero-order valence-corrected chi connectivity index (χ0v) is 8.41. The molecule has 2 aliphatic rings. The van der Waals surface area contributed by atoms with E-state index in [1.54, 1.807) is 6.07 Å². The topological polar surface area (TPSA) is 32.3 Å². The van der Waals surface area contributed by atoms with Gasteiger partial charge in [0.25, 0.3) is 0 Å². The Hall–Kier alpha value is -1.09. The molecule has 1 aromatic carbocycles. The van der Waals surface area contributed by atoms with Gasteiger partial charge in [-0.2, -0.15) is 0 Å². The molecule has 0 bridgehead atoms. The highest BCUT2D eigenvalue weighted by molar-refractivity contribution is 5.55. The molecule has 3 rings (SSSR count). The van der Waals surface area contributed by atoms with Crippen LogP contribution in [0, 0.1) is 11.7 Å². The van der Waals surface area contributed by atoms with Gasteiger partial charge < -0.3 is 10.4 Å². The minimum Gasteiger partial charge on any atom is -0.388 e. The standard InChI is InChI=1S/C12H14FNO/c13-8-3-4-10-9(5-8)12(15)6-11(14-10)7-1-2-7/h3-5,7,11-12,14-15H,1-2,6H2. The fourth-order valence-corrected chi connectivity index (χ4v) is 2.38. The van der Waals surface area contributed by atoms with Gasteiger partial charge in [0, 0.05) is 17.3 Å². The maximum absolute atomic E-state index is 13.0. The summed E-state index contributed by atoms with van der Waals surface area (Å²) in [7, 11) is 0. The van der Waals surface area contributed by atoms with Crippen molar-refractivity contribution >= 4 is 5.69 Å². The van der Waals surface area contributed by atoms with Crippen LogP contribution in [0.3, 0.4) is 0 Å². The second-order valence-electron chi connectivity index (χ2n) is 4.57. The summed E-state index contributed by atoms with van der Waals surface area (Å²) >= 11 is 0. The van der Waals surface area contributed by atoms with Crippen LogP contribution in [0.5, 0.6) is 0 Å². The van der Waals surface area contributed by atoms with Crippen LogP contribution in [0.15, 0.2) is 18.2 Å². The van der Waals surface area contributed by atoms with Crippen LogP contribution in [0.25, 0.3) is 0 Å². The number of rotatable bonds is 1. The molecular formula is C12H14FNO. The van der Waals surface area contributed by atoms with Gasteiger partial charge in [0.1, 0.15) is 5.82 Å². The molecule has 0 radical (unpaired) electrons. The molecule has 15 heavy (non-hydrogen) atoms. The van der Waals surface area contributed by atoms with Gasteiger partial charge in [0.15, 0.2) is 0 Å². The lowest BCUT2D eigenvalue weighted by molar-refractivity contribution is 0.152. The Kier molecular flexibility index (Phi) is 1.96. The van der Waals surface area contributed by atoms with Gasteiger partial charge in [-0.15, -0.1) is 0 Å². The smallest absolute Gasteiger partial charge is 0.123 e. The second kappa shape index (κ2) is 3.20. The maximum atomic E-state index is 13.0. The predicted octanol–water partition coefficient (Wildman–Crippen LogP) is 2.45. The van der Waals surface area contributed by atoms with Gasteiger partial charge in [0.2, 0.25) is 0 Å². The van der Waals surface area contributed by atoms with E-state index in [1.807, 2.05) is 0 Å². The largest absolute Gasteiger partial charge is 0.388 e. The van der Waals surface area contributed by atoms with Crippen molar-refractivity contribution in [3.05, 3.63) is 29.6 Å². The molecule has 2 nitrogen and oxygen atoms in total. The predicted molar refractivity (Wildman–Crippen MR) is 56.1 cm³/mol. The minimum atomic E-state index is -0.512. The molecule has 1 saturated carbocycles. The minimum absolute atomic E-state index is 0.278. The Morgan fingerprint density at radius 1 is 1.33 bits per heavy atom. The molecule has 2 N–H and O–H groups in total. The van der Waals surface area contributed by atoms with E-state index in [2.05, 4.69) is 5.32 Å². The summed E-state index contributed by atoms with van der Waals surface area (Å²) in [6.07, 6.45) is 2.70. The third-order valence-corrected chi connectivity index (χ3v) is 3.38. The summed E-state index contributed by atoms with van der Waals surface area (Å²) in [5.41, 5.74) is 1.60. The van der Waals surface area contributed by atoms with Gasteiger partial charge >= 0.3 is 0 Å². The first kappa shape index (κ1) is 9.16. The van der Waals surface area contributed by atoms with Crippen LogP contribution < -0.4 is 5.32 Å². The Morgan fingerprint density at radius 2 is 2.13 bits per heavy atom. The lowest BCUT2D eigenvalue weighted by Gasteiger charge is -2.30. The van der Waals surface area contributed by atoms with E-state index in [0.29, 0.717) is 23.9 Å². The lowest BCUT2D eigenvalue weighted by Crippen LogP contribution is -2.29. The van der Waals surface area contributed by atoms with Crippen molar-refractivity contribution < 1.29 is 9.50 Å². The van der Waals surface area contributed by atoms with E-state index in [-0.39, 0.29) is 5.82 Å². The third-order valence-electron chi connectivity index (χ3n) is 3.38.